The standard InChI is InChI=1S/C3H7NO2.C2H5NO2/c1-6-3(5)2-4;3-1-2(4)5/h2,4H2,1H3;1,3H2,(H,4,5). The highest BCUT2D eigenvalue weighted by Crippen LogP contribution is 1.61. The zero-order valence-electron chi connectivity index (χ0n) is 6.24. The molecule has 0 spiro atoms. The van der Waals surface area contributed by atoms with Crippen LogP contribution in [0.5, 0.6) is 0 Å². The lowest BCUT2D eigenvalue weighted by atomic mass is 10.7. The SMILES string of the molecule is COC(=O)CN.NCC(=O)O. The highest BCUT2D eigenvalue weighted by molar-refractivity contribution is 5.71. The second-order valence-corrected chi connectivity index (χ2v) is 1.38. The number of ether oxygens (including phenoxy) is 1. The van der Waals surface area contributed by atoms with Crippen LogP contribution in [0.25, 0.3) is 0 Å². The Labute approximate surface area is 64.1 Å². The Balaban J connectivity index is 0. The van der Waals surface area contributed by atoms with Crippen LogP contribution in [0.1, 0.15) is 0 Å². The van der Waals surface area contributed by atoms with Gasteiger partial charge in [0, 0.05) is 0 Å². The molecule has 0 saturated heterocycles. The molecule has 0 unspecified atom stereocenters. The topological polar surface area (TPSA) is 116 Å². The summed E-state index contributed by atoms with van der Waals surface area (Å²) < 4.78 is 4.14. The third-order valence-corrected chi connectivity index (χ3v) is 0.569. The minimum atomic E-state index is -0.968. The van der Waals surface area contributed by atoms with Gasteiger partial charge in [0.2, 0.25) is 0 Å². The summed E-state index contributed by atoms with van der Waals surface area (Å²) >= 11 is 0. The molecular weight excluding hydrogens is 152 g/mol. The monoisotopic (exact) mass is 164 g/mol. The van der Waals surface area contributed by atoms with Crippen molar-refractivity contribution in [1.29, 1.82) is 0 Å². The molecule has 0 saturated carbocycles. The molecule has 11 heavy (non-hydrogen) atoms. The number of carbonyl (C=O) groups excluding carboxylic acids is 1. The lowest BCUT2D eigenvalue weighted by Gasteiger charge is -1.87. The molecule has 5 N–H and O–H groups in total. The number of aliphatic carboxylic acids is 1. The van der Waals surface area contributed by atoms with E-state index in [0.717, 1.165) is 0 Å². The Kier molecular flexibility index (Phi) is 10.1. The number of carbonyl (C=O) groups is 2. The van der Waals surface area contributed by atoms with Crippen molar-refractivity contribution in [2.45, 2.75) is 0 Å². The van der Waals surface area contributed by atoms with E-state index in [2.05, 4.69) is 10.5 Å². The minimum absolute atomic E-state index is 0.0312. The smallest absolute Gasteiger partial charge is 0.319 e. The second-order valence-electron chi connectivity index (χ2n) is 1.38. The van der Waals surface area contributed by atoms with Crippen LogP contribution in [0, 0.1) is 0 Å². The number of carboxylic acid groups (broad SMARTS) is 1. The largest absolute Gasteiger partial charge is 0.480 e. The molecule has 0 aromatic heterocycles. The highest BCUT2D eigenvalue weighted by Gasteiger charge is 1.87. The third-order valence-electron chi connectivity index (χ3n) is 0.569. The molecule has 0 fully saturated rings. The number of esters is 1. The van der Waals surface area contributed by atoms with Crippen molar-refractivity contribution in [3.05, 3.63) is 0 Å². The van der Waals surface area contributed by atoms with Gasteiger partial charge in [0.15, 0.2) is 0 Å². The van der Waals surface area contributed by atoms with Crippen LogP contribution in [-0.2, 0) is 14.3 Å². The molecule has 0 aliphatic rings. The highest BCUT2D eigenvalue weighted by atomic mass is 16.5. The van der Waals surface area contributed by atoms with Crippen LogP contribution >= 0.6 is 0 Å². The van der Waals surface area contributed by atoms with Crippen LogP contribution in [0.2, 0.25) is 0 Å². The predicted molar refractivity (Wildman–Crippen MR) is 37.8 cm³/mol. The lowest BCUT2D eigenvalue weighted by Crippen LogP contribution is -2.14. The van der Waals surface area contributed by atoms with Crippen LogP contribution in [0.4, 0.5) is 0 Å². The van der Waals surface area contributed by atoms with E-state index in [1.165, 1.54) is 7.11 Å². The first-order valence-corrected chi connectivity index (χ1v) is 2.77. The lowest BCUT2D eigenvalue weighted by molar-refractivity contribution is -0.139. The number of carboxylic acids is 1. The molecule has 66 valence electrons. The van der Waals surface area contributed by atoms with Gasteiger partial charge in [0.05, 0.1) is 20.2 Å². The normalized spacial score (nSPS) is 7.55. The maximum absolute atomic E-state index is 9.83. The molecule has 0 aliphatic carbocycles. The van der Waals surface area contributed by atoms with Crippen molar-refractivity contribution in [2.75, 3.05) is 20.2 Å². The Morgan fingerprint density at radius 1 is 1.36 bits per heavy atom. The first-order valence-electron chi connectivity index (χ1n) is 2.77. The van der Waals surface area contributed by atoms with Crippen molar-refractivity contribution in [1.82, 2.24) is 0 Å². The summed E-state index contributed by atoms with van der Waals surface area (Å²) in [7, 11) is 1.30. The molecule has 0 heterocycles. The van der Waals surface area contributed by atoms with Crippen molar-refractivity contribution in [3.8, 4) is 0 Å². The quantitative estimate of drug-likeness (QED) is 0.412. The fourth-order valence-electron chi connectivity index (χ4n) is 0.0833. The van der Waals surface area contributed by atoms with Gasteiger partial charge in [-0.3, -0.25) is 9.59 Å². The summed E-state index contributed by atoms with van der Waals surface area (Å²) in [6.07, 6.45) is 0. The van der Waals surface area contributed by atoms with Crippen molar-refractivity contribution in [2.24, 2.45) is 11.5 Å². The molecule has 0 radical (unpaired) electrons. The summed E-state index contributed by atoms with van der Waals surface area (Å²) in [5.41, 5.74) is 9.38. The van der Waals surface area contributed by atoms with E-state index in [0.29, 0.717) is 0 Å². The molecule has 0 amide bonds. The average Bonchev–Trinajstić information content (AvgIpc) is 2.04. The summed E-state index contributed by atoms with van der Waals surface area (Å²) in [5.74, 6) is -1.35. The van der Waals surface area contributed by atoms with Gasteiger partial charge in [0.25, 0.3) is 0 Å². The van der Waals surface area contributed by atoms with Gasteiger partial charge in [-0.05, 0) is 0 Å². The molecule has 6 heteroatoms. The third kappa shape index (κ3) is 17.7. The van der Waals surface area contributed by atoms with Crippen molar-refractivity contribution >= 4 is 11.9 Å². The molecular formula is C5H12N2O4. The van der Waals surface area contributed by atoms with Gasteiger partial charge in [0.1, 0.15) is 0 Å². The van der Waals surface area contributed by atoms with Gasteiger partial charge >= 0.3 is 11.9 Å². The Morgan fingerprint density at radius 3 is 1.73 bits per heavy atom. The maximum atomic E-state index is 9.83. The van der Waals surface area contributed by atoms with E-state index in [1.54, 1.807) is 0 Å². The summed E-state index contributed by atoms with van der Waals surface area (Å²) in [4.78, 5) is 19.1. The molecule has 0 aliphatic heterocycles. The molecule has 0 aromatic carbocycles. The van der Waals surface area contributed by atoms with Crippen LogP contribution in [0.3, 0.4) is 0 Å². The van der Waals surface area contributed by atoms with Gasteiger partial charge < -0.3 is 21.3 Å². The van der Waals surface area contributed by atoms with Gasteiger partial charge in [-0.2, -0.15) is 0 Å². The second kappa shape index (κ2) is 8.86. The molecule has 0 atom stereocenters. The summed E-state index contributed by atoms with van der Waals surface area (Å²) in [6, 6.07) is 0. The Morgan fingerprint density at radius 2 is 1.73 bits per heavy atom. The van der Waals surface area contributed by atoms with Crippen LogP contribution in [-0.4, -0.2) is 37.2 Å². The molecule has 0 aromatic rings. The van der Waals surface area contributed by atoms with Crippen molar-refractivity contribution < 1.29 is 19.4 Å². The fourth-order valence-corrected chi connectivity index (χ4v) is 0.0833. The first-order chi connectivity index (χ1) is 5.08. The Bertz CT molecular complexity index is 120. The number of hydrogen-bond donors (Lipinski definition) is 3. The maximum Gasteiger partial charge on any atom is 0.319 e. The van der Waals surface area contributed by atoms with E-state index >= 15 is 0 Å². The zero-order valence-corrected chi connectivity index (χ0v) is 6.24. The average molecular weight is 164 g/mol. The van der Waals surface area contributed by atoms with E-state index in [1.807, 2.05) is 0 Å². The first kappa shape index (κ1) is 12.5. The molecule has 0 bridgehead atoms. The molecule has 6 nitrogen and oxygen atoms in total. The fraction of sp³-hybridized carbons (Fsp3) is 0.600. The predicted octanol–water partition coefficient (Wildman–Crippen LogP) is -1.85. The number of rotatable bonds is 2. The van der Waals surface area contributed by atoms with E-state index in [9.17, 15) is 9.59 Å². The molecule has 0 rings (SSSR count). The van der Waals surface area contributed by atoms with E-state index in [-0.39, 0.29) is 19.1 Å². The zero-order chi connectivity index (χ0) is 9.28. The van der Waals surface area contributed by atoms with Crippen molar-refractivity contribution in [3.63, 3.8) is 0 Å². The minimum Gasteiger partial charge on any atom is -0.480 e. The van der Waals surface area contributed by atoms with Crippen LogP contribution in [0.15, 0.2) is 0 Å². The van der Waals surface area contributed by atoms with Gasteiger partial charge in [-0.1, -0.05) is 0 Å². The van der Waals surface area contributed by atoms with Crippen LogP contribution < -0.4 is 11.5 Å². The summed E-state index contributed by atoms with van der Waals surface area (Å²) in [6.45, 7) is -0.309. The number of hydrogen-bond acceptors (Lipinski definition) is 5. The number of nitrogens with two attached hydrogens (primary N) is 2. The van der Waals surface area contributed by atoms with Gasteiger partial charge in [-0.25, -0.2) is 0 Å². The van der Waals surface area contributed by atoms with E-state index < -0.39 is 5.97 Å². The number of methoxy groups -OCH3 is 1. The summed E-state index contributed by atoms with van der Waals surface area (Å²) in [5, 5.41) is 7.60. The van der Waals surface area contributed by atoms with E-state index in [4.69, 9.17) is 10.8 Å². The van der Waals surface area contributed by atoms with Gasteiger partial charge in [-0.15, -0.1) is 0 Å². The Hall–Kier alpha value is -1.14.